The zero-order valence-electron chi connectivity index (χ0n) is 15.6. The Labute approximate surface area is 171 Å². The van der Waals surface area contributed by atoms with Crippen molar-refractivity contribution in [3.05, 3.63) is 83.7 Å². The van der Waals surface area contributed by atoms with Crippen LogP contribution in [0.5, 0.6) is 11.5 Å². The molecule has 146 valence electrons. The highest BCUT2D eigenvalue weighted by Crippen LogP contribution is 2.29. The highest BCUT2D eigenvalue weighted by molar-refractivity contribution is 7.22. The predicted molar refractivity (Wildman–Crippen MR) is 115 cm³/mol. The molecule has 0 fully saturated rings. The first-order chi connectivity index (χ1) is 14.2. The van der Waals surface area contributed by atoms with E-state index in [0.717, 1.165) is 20.9 Å². The maximum Gasteiger partial charge on any atom is 0.204 e. The van der Waals surface area contributed by atoms with Crippen LogP contribution in [0, 0.1) is 5.82 Å². The molecule has 0 saturated heterocycles. The van der Waals surface area contributed by atoms with Gasteiger partial charge in [-0.1, -0.05) is 41.7 Å². The van der Waals surface area contributed by atoms with Gasteiger partial charge in [0, 0.05) is 5.56 Å². The molecule has 3 aromatic carbocycles. The topological polar surface area (TPSA) is 55.7 Å². The monoisotopic (exact) mass is 407 g/mol. The summed E-state index contributed by atoms with van der Waals surface area (Å²) in [5.41, 5.74) is 5.20. The summed E-state index contributed by atoms with van der Waals surface area (Å²) in [6.07, 6.45) is 1.68. The summed E-state index contributed by atoms with van der Waals surface area (Å²) in [5.74, 6) is 0.786. The Morgan fingerprint density at radius 3 is 2.72 bits per heavy atom. The van der Waals surface area contributed by atoms with Crippen molar-refractivity contribution in [2.24, 2.45) is 5.10 Å². The van der Waals surface area contributed by atoms with Gasteiger partial charge in [-0.25, -0.2) is 9.37 Å². The SMILES string of the molecule is COc1cc(/C=N/Nc2nc3ccccc3s2)ccc1OCc1ccccc1F. The summed E-state index contributed by atoms with van der Waals surface area (Å²) in [6.45, 7) is 0.121. The Morgan fingerprint density at radius 1 is 1.07 bits per heavy atom. The third kappa shape index (κ3) is 4.52. The number of hydrogen-bond donors (Lipinski definition) is 1. The summed E-state index contributed by atoms with van der Waals surface area (Å²) in [4.78, 5) is 4.47. The fourth-order valence-electron chi connectivity index (χ4n) is 2.74. The summed E-state index contributed by atoms with van der Waals surface area (Å²) >= 11 is 1.54. The second-order valence-corrected chi connectivity index (χ2v) is 7.18. The molecule has 0 aliphatic heterocycles. The first-order valence-corrected chi connectivity index (χ1v) is 9.73. The van der Waals surface area contributed by atoms with Gasteiger partial charge in [0.2, 0.25) is 5.13 Å². The third-order valence-electron chi connectivity index (χ3n) is 4.20. The molecular weight excluding hydrogens is 389 g/mol. The van der Waals surface area contributed by atoms with E-state index in [1.54, 1.807) is 43.7 Å². The fourth-order valence-corrected chi connectivity index (χ4v) is 3.55. The number of hydrazone groups is 1. The Kier molecular flexibility index (Phi) is 5.67. The number of thiazole rings is 1. The molecule has 4 rings (SSSR count). The Balaban J connectivity index is 1.43. The molecule has 0 spiro atoms. The van der Waals surface area contributed by atoms with E-state index in [2.05, 4.69) is 15.5 Å². The molecule has 1 heterocycles. The van der Waals surface area contributed by atoms with Crippen molar-refractivity contribution in [2.75, 3.05) is 12.5 Å². The zero-order valence-corrected chi connectivity index (χ0v) is 16.4. The average molecular weight is 407 g/mol. The van der Waals surface area contributed by atoms with Crippen LogP contribution in [0.25, 0.3) is 10.2 Å². The lowest BCUT2D eigenvalue weighted by Crippen LogP contribution is -2.00. The number of rotatable bonds is 7. The van der Waals surface area contributed by atoms with Crippen molar-refractivity contribution in [3.63, 3.8) is 0 Å². The van der Waals surface area contributed by atoms with E-state index in [1.807, 2.05) is 30.3 Å². The molecule has 0 aliphatic rings. The smallest absolute Gasteiger partial charge is 0.204 e. The molecule has 1 N–H and O–H groups in total. The van der Waals surface area contributed by atoms with Crippen LogP contribution in [0.1, 0.15) is 11.1 Å². The number of nitrogens with zero attached hydrogens (tertiary/aromatic N) is 2. The van der Waals surface area contributed by atoms with E-state index in [-0.39, 0.29) is 12.4 Å². The summed E-state index contributed by atoms with van der Waals surface area (Å²) in [6, 6.07) is 19.9. The number of benzene rings is 3. The minimum atomic E-state index is -0.295. The number of para-hydroxylation sites is 1. The van der Waals surface area contributed by atoms with Gasteiger partial charge in [-0.2, -0.15) is 5.10 Å². The van der Waals surface area contributed by atoms with Gasteiger partial charge in [-0.05, 0) is 42.0 Å². The Hall–Kier alpha value is -3.45. The van der Waals surface area contributed by atoms with Crippen LogP contribution in [0.15, 0.2) is 71.8 Å². The van der Waals surface area contributed by atoms with Gasteiger partial charge in [0.25, 0.3) is 0 Å². The van der Waals surface area contributed by atoms with Gasteiger partial charge < -0.3 is 9.47 Å². The van der Waals surface area contributed by atoms with Crippen molar-refractivity contribution < 1.29 is 13.9 Å². The van der Waals surface area contributed by atoms with Crippen LogP contribution < -0.4 is 14.9 Å². The van der Waals surface area contributed by atoms with Crippen LogP contribution in [-0.2, 0) is 6.61 Å². The quantitative estimate of drug-likeness (QED) is 0.326. The van der Waals surface area contributed by atoms with Crippen molar-refractivity contribution in [2.45, 2.75) is 6.61 Å². The first kappa shape index (κ1) is 18.9. The number of halogens is 1. The van der Waals surface area contributed by atoms with Crippen molar-refractivity contribution in [1.29, 1.82) is 0 Å². The number of hydrogen-bond acceptors (Lipinski definition) is 6. The molecular formula is C22H18FN3O2S. The maximum atomic E-state index is 13.7. The summed E-state index contributed by atoms with van der Waals surface area (Å²) in [5, 5.41) is 4.97. The molecule has 0 amide bonds. The van der Waals surface area contributed by atoms with Gasteiger partial charge in [0.1, 0.15) is 12.4 Å². The van der Waals surface area contributed by atoms with Crippen molar-refractivity contribution in [3.8, 4) is 11.5 Å². The van der Waals surface area contributed by atoms with Gasteiger partial charge in [0.05, 0.1) is 23.5 Å². The summed E-state index contributed by atoms with van der Waals surface area (Å²) < 4.78 is 26.0. The highest BCUT2D eigenvalue weighted by Gasteiger charge is 2.08. The lowest BCUT2D eigenvalue weighted by Gasteiger charge is -2.11. The average Bonchev–Trinajstić information content (AvgIpc) is 3.16. The second-order valence-electron chi connectivity index (χ2n) is 6.15. The lowest BCUT2D eigenvalue weighted by atomic mass is 10.2. The van der Waals surface area contributed by atoms with Gasteiger partial charge >= 0.3 is 0 Å². The van der Waals surface area contributed by atoms with Crippen LogP contribution in [0.3, 0.4) is 0 Å². The van der Waals surface area contributed by atoms with Crippen LogP contribution >= 0.6 is 11.3 Å². The predicted octanol–water partition coefficient (Wildman–Crippen LogP) is 5.47. The molecule has 0 saturated carbocycles. The van der Waals surface area contributed by atoms with Gasteiger partial charge in [-0.3, -0.25) is 5.43 Å². The molecule has 0 unspecified atom stereocenters. The van der Waals surface area contributed by atoms with Crippen LogP contribution in [-0.4, -0.2) is 18.3 Å². The molecule has 0 aliphatic carbocycles. The fraction of sp³-hybridized carbons (Fsp3) is 0.0909. The van der Waals surface area contributed by atoms with Gasteiger partial charge in [-0.15, -0.1) is 0 Å². The third-order valence-corrected chi connectivity index (χ3v) is 5.14. The Bertz CT molecular complexity index is 1130. The Morgan fingerprint density at radius 2 is 1.90 bits per heavy atom. The maximum absolute atomic E-state index is 13.7. The molecule has 29 heavy (non-hydrogen) atoms. The van der Waals surface area contributed by atoms with Crippen LogP contribution in [0.4, 0.5) is 9.52 Å². The van der Waals surface area contributed by atoms with E-state index in [1.165, 1.54) is 17.4 Å². The van der Waals surface area contributed by atoms with Crippen molar-refractivity contribution in [1.82, 2.24) is 4.98 Å². The number of fused-ring (bicyclic) bond motifs is 1. The van der Waals surface area contributed by atoms with E-state index < -0.39 is 0 Å². The normalized spacial score (nSPS) is 11.1. The number of anilines is 1. The van der Waals surface area contributed by atoms with Gasteiger partial charge in [0.15, 0.2) is 11.5 Å². The number of nitrogens with one attached hydrogen (secondary N) is 1. The molecule has 7 heteroatoms. The number of methoxy groups -OCH3 is 1. The van der Waals surface area contributed by atoms with E-state index >= 15 is 0 Å². The zero-order chi connectivity index (χ0) is 20.1. The van der Waals surface area contributed by atoms with Crippen LogP contribution in [0.2, 0.25) is 0 Å². The molecule has 0 radical (unpaired) electrons. The lowest BCUT2D eigenvalue weighted by molar-refractivity contribution is 0.279. The van der Waals surface area contributed by atoms with E-state index in [4.69, 9.17) is 9.47 Å². The molecule has 1 aromatic heterocycles. The minimum absolute atomic E-state index is 0.121. The van der Waals surface area contributed by atoms with E-state index in [9.17, 15) is 4.39 Å². The first-order valence-electron chi connectivity index (χ1n) is 8.92. The molecule has 0 bridgehead atoms. The number of aromatic nitrogens is 1. The minimum Gasteiger partial charge on any atom is -0.493 e. The van der Waals surface area contributed by atoms with E-state index in [0.29, 0.717) is 17.1 Å². The molecule has 5 nitrogen and oxygen atoms in total. The number of ether oxygens (including phenoxy) is 2. The summed E-state index contributed by atoms with van der Waals surface area (Å²) in [7, 11) is 1.56. The second kappa shape index (κ2) is 8.70. The molecule has 4 aromatic rings. The highest BCUT2D eigenvalue weighted by atomic mass is 32.1. The van der Waals surface area contributed by atoms with Crippen molar-refractivity contribution >= 4 is 32.9 Å². The molecule has 0 atom stereocenters. The standard InChI is InChI=1S/C22H18FN3O2S/c1-27-20-12-15(10-11-19(20)28-14-16-6-2-3-7-17(16)23)13-24-26-22-25-18-8-4-5-9-21(18)29-22/h2-13H,14H2,1H3,(H,25,26)/b24-13+. The largest absolute Gasteiger partial charge is 0.493 e.